The molecule has 3 unspecified atom stereocenters. The molecule has 2 saturated heterocycles. The van der Waals surface area contributed by atoms with Crippen LogP contribution in [0, 0.1) is 11.8 Å². The Morgan fingerprint density at radius 3 is 2.63 bits per heavy atom. The first kappa shape index (κ1) is 13.1. The summed E-state index contributed by atoms with van der Waals surface area (Å²) in [4.78, 5) is 2.72. The Bertz CT molecular complexity index is 387. The van der Waals surface area contributed by atoms with Crippen molar-refractivity contribution in [1.29, 1.82) is 0 Å². The average molecular weight is 258 g/mol. The van der Waals surface area contributed by atoms with Gasteiger partial charge in [-0.05, 0) is 36.8 Å². The summed E-state index contributed by atoms with van der Waals surface area (Å²) < 4.78 is 0. The van der Waals surface area contributed by atoms with Crippen LogP contribution in [-0.4, -0.2) is 30.6 Å². The third-order valence-corrected chi connectivity index (χ3v) is 4.79. The van der Waals surface area contributed by atoms with Crippen LogP contribution in [0.1, 0.15) is 38.3 Å². The van der Waals surface area contributed by atoms with Gasteiger partial charge in [-0.15, -0.1) is 0 Å². The number of rotatable bonds is 3. The molecular formula is C17H26N2. The van der Waals surface area contributed by atoms with Gasteiger partial charge in [-0.1, -0.05) is 44.2 Å². The van der Waals surface area contributed by atoms with Gasteiger partial charge in [0.25, 0.3) is 0 Å². The minimum Gasteiger partial charge on any atom is -0.312 e. The molecule has 1 N–H and O–H groups in total. The van der Waals surface area contributed by atoms with Crippen LogP contribution < -0.4 is 5.32 Å². The van der Waals surface area contributed by atoms with Crippen molar-refractivity contribution < 1.29 is 0 Å². The highest BCUT2D eigenvalue weighted by Gasteiger charge is 2.38. The number of nitrogens with zero attached hydrogens (tertiary/aromatic N) is 1. The second-order valence-corrected chi connectivity index (χ2v) is 6.52. The highest BCUT2D eigenvalue weighted by atomic mass is 15.2. The number of piperidine rings is 1. The number of hydrogen-bond acceptors (Lipinski definition) is 2. The molecule has 3 atom stereocenters. The largest absolute Gasteiger partial charge is 0.312 e. The van der Waals surface area contributed by atoms with Gasteiger partial charge in [0, 0.05) is 25.2 Å². The third-order valence-electron chi connectivity index (χ3n) is 4.79. The fourth-order valence-corrected chi connectivity index (χ4v) is 3.97. The van der Waals surface area contributed by atoms with Crippen LogP contribution in [0.25, 0.3) is 0 Å². The van der Waals surface area contributed by atoms with E-state index in [9.17, 15) is 0 Å². The second kappa shape index (κ2) is 5.64. The quantitative estimate of drug-likeness (QED) is 0.896. The lowest BCUT2D eigenvalue weighted by molar-refractivity contribution is 0.185. The summed E-state index contributed by atoms with van der Waals surface area (Å²) in [6, 6.07) is 12.4. The lowest BCUT2D eigenvalue weighted by Crippen LogP contribution is -2.41. The van der Waals surface area contributed by atoms with Crippen LogP contribution in [0.2, 0.25) is 0 Å². The lowest BCUT2D eigenvalue weighted by atomic mass is 9.94. The van der Waals surface area contributed by atoms with Crippen molar-refractivity contribution in [3.8, 4) is 0 Å². The number of hydrogen-bond donors (Lipinski definition) is 1. The summed E-state index contributed by atoms with van der Waals surface area (Å²) in [6.07, 6.45) is 2.76. The molecule has 104 valence electrons. The first-order chi connectivity index (χ1) is 9.25. The number of nitrogens with one attached hydrogen (secondary N) is 1. The maximum absolute atomic E-state index is 3.71. The first-order valence-corrected chi connectivity index (χ1v) is 7.78. The monoisotopic (exact) mass is 258 g/mol. The molecule has 0 aromatic heterocycles. The summed E-state index contributed by atoms with van der Waals surface area (Å²) in [5, 5.41) is 3.71. The molecule has 0 radical (unpaired) electrons. The molecule has 2 heterocycles. The van der Waals surface area contributed by atoms with Gasteiger partial charge in [-0.2, -0.15) is 0 Å². The van der Waals surface area contributed by atoms with Gasteiger partial charge in [0.05, 0.1) is 0 Å². The van der Waals surface area contributed by atoms with Crippen LogP contribution in [0.5, 0.6) is 0 Å². The van der Waals surface area contributed by atoms with Crippen LogP contribution in [0.3, 0.4) is 0 Å². The highest BCUT2D eigenvalue weighted by Crippen LogP contribution is 2.35. The third kappa shape index (κ3) is 2.70. The molecule has 1 aromatic rings. The van der Waals surface area contributed by atoms with Crippen molar-refractivity contribution in [3.63, 3.8) is 0 Å². The van der Waals surface area contributed by atoms with Gasteiger partial charge >= 0.3 is 0 Å². The molecule has 2 fully saturated rings. The summed E-state index contributed by atoms with van der Waals surface area (Å²) in [5.74, 6) is 1.54. The molecular weight excluding hydrogens is 232 g/mol. The summed E-state index contributed by atoms with van der Waals surface area (Å²) in [6.45, 7) is 8.42. The average Bonchev–Trinajstić information content (AvgIpc) is 2.82. The summed E-state index contributed by atoms with van der Waals surface area (Å²) >= 11 is 0. The fourth-order valence-electron chi connectivity index (χ4n) is 3.97. The van der Waals surface area contributed by atoms with E-state index in [1.54, 1.807) is 0 Å². The Morgan fingerprint density at radius 1 is 1.16 bits per heavy atom. The van der Waals surface area contributed by atoms with Gasteiger partial charge < -0.3 is 5.32 Å². The van der Waals surface area contributed by atoms with E-state index in [4.69, 9.17) is 0 Å². The molecule has 0 spiro atoms. The Kier molecular flexibility index (Phi) is 3.90. The van der Waals surface area contributed by atoms with Crippen LogP contribution in [-0.2, 0) is 0 Å². The Hall–Kier alpha value is -0.860. The molecule has 0 bridgehead atoms. The van der Waals surface area contributed by atoms with Gasteiger partial charge in [-0.3, -0.25) is 4.90 Å². The van der Waals surface area contributed by atoms with Gasteiger partial charge in [0.1, 0.15) is 0 Å². The van der Waals surface area contributed by atoms with Crippen LogP contribution in [0.15, 0.2) is 30.3 Å². The normalized spacial score (nSPS) is 29.4. The van der Waals surface area contributed by atoms with Gasteiger partial charge in [0.15, 0.2) is 0 Å². The Morgan fingerprint density at radius 2 is 1.95 bits per heavy atom. The summed E-state index contributed by atoms with van der Waals surface area (Å²) in [5.41, 5.74) is 1.48. The zero-order valence-corrected chi connectivity index (χ0v) is 12.2. The molecule has 0 aliphatic carbocycles. The SMILES string of the molecule is CC(C)C(c1ccccc1)N1CC2CCCNC2C1. The van der Waals surface area contributed by atoms with Gasteiger partial charge in [-0.25, -0.2) is 0 Å². The van der Waals surface area contributed by atoms with E-state index in [-0.39, 0.29) is 0 Å². The molecule has 2 aliphatic heterocycles. The first-order valence-electron chi connectivity index (χ1n) is 7.78. The standard InChI is InChI=1S/C17H26N2/c1-13(2)17(14-7-4-3-5-8-14)19-11-15-9-6-10-18-16(15)12-19/h3-5,7-8,13,15-18H,6,9-12H2,1-2H3. The maximum Gasteiger partial charge on any atom is 0.0371 e. The molecule has 1 aromatic carbocycles. The van der Waals surface area contributed by atoms with Crippen molar-refractivity contribution >= 4 is 0 Å². The predicted molar refractivity (Wildman–Crippen MR) is 80.1 cm³/mol. The summed E-state index contributed by atoms with van der Waals surface area (Å²) in [7, 11) is 0. The second-order valence-electron chi connectivity index (χ2n) is 6.52. The highest BCUT2D eigenvalue weighted by molar-refractivity contribution is 5.20. The van der Waals surface area contributed by atoms with E-state index >= 15 is 0 Å². The van der Waals surface area contributed by atoms with E-state index in [0.717, 1.165) is 12.0 Å². The predicted octanol–water partition coefficient (Wildman–Crippen LogP) is 3.07. The minimum absolute atomic E-state index is 0.577. The minimum atomic E-state index is 0.577. The molecule has 2 aliphatic rings. The van der Waals surface area contributed by atoms with E-state index in [0.29, 0.717) is 12.0 Å². The van der Waals surface area contributed by atoms with Crippen molar-refractivity contribution in [3.05, 3.63) is 35.9 Å². The van der Waals surface area contributed by atoms with Crippen LogP contribution in [0.4, 0.5) is 0 Å². The molecule has 2 heteroatoms. The molecule has 0 saturated carbocycles. The molecule has 3 rings (SSSR count). The van der Waals surface area contributed by atoms with E-state index in [1.807, 2.05) is 0 Å². The van der Waals surface area contributed by atoms with Crippen LogP contribution >= 0.6 is 0 Å². The van der Waals surface area contributed by atoms with Crippen molar-refractivity contribution in [1.82, 2.24) is 10.2 Å². The Balaban J connectivity index is 1.78. The van der Waals surface area contributed by atoms with E-state index in [2.05, 4.69) is 54.4 Å². The van der Waals surface area contributed by atoms with Crippen molar-refractivity contribution in [2.75, 3.05) is 19.6 Å². The maximum atomic E-state index is 3.71. The number of fused-ring (bicyclic) bond motifs is 1. The lowest BCUT2D eigenvalue weighted by Gasteiger charge is -2.31. The molecule has 2 nitrogen and oxygen atoms in total. The smallest absolute Gasteiger partial charge is 0.0371 e. The number of likely N-dealkylation sites (tertiary alicyclic amines) is 1. The fraction of sp³-hybridized carbons (Fsp3) is 0.647. The number of benzene rings is 1. The van der Waals surface area contributed by atoms with Crippen molar-refractivity contribution in [2.45, 2.75) is 38.8 Å². The van der Waals surface area contributed by atoms with E-state index < -0.39 is 0 Å². The Labute approximate surface area is 117 Å². The molecule has 19 heavy (non-hydrogen) atoms. The van der Waals surface area contributed by atoms with Crippen molar-refractivity contribution in [2.24, 2.45) is 11.8 Å². The van der Waals surface area contributed by atoms with Gasteiger partial charge in [0.2, 0.25) is 0 Å². The zero-order valence-electron chi connectivity index (χ0n) is 12.2. The van der Waals surface area contributed by atoms with E-state index in [1.165, 1.54) is 38.0 Å². The topological polar surface area (TPSA) is 15.3 Å². The zero-order chi connectivity index (χ0) is 13.2. The molecule has 0 amide bonds.